The number of H-pyrrole nitrogens is 1. The molecule has 5 heteroatoms. The van der Waals surface area contributed by atoms with Gasteiger partial charge in [0.25, 0.3) is 0 Å². The minimum Gasteiger partial charge on any atom is -0.325 e. The van der Waals surface area contributed by atoms with Gasteiger partial charge in [0.2, 0.25) is 5.91 Å². The molecule has 0 aliphatic heterocycles. The number of hydrogen-bond donors (Lipinski definition) is 3. The Kier molecular flexibility index (Phi) is 3.86. The SMILES string of the molecule is CC(C)c1cc(NC(=O)C(C)(C)C(C)(C)N)n[nH]1. The second-order valence-corrected chi connectivity index (χ2v) is 6.16. The highest BCUT2D eigenvalue weighted by Crippen LogP contribution is 2.29. The van der Waals surface area contributed by atoms with Crippen LogP contribution in [0.1, 0.15) is 53.2 Å². The zero-order valence-electron chi connectivity index (χ0n) is 12.1. The molecule has 18 heavy (non-hydrogen) atoms. The van der Waals surface area contributed by atoms with Crippen molar-refractivity contribution in [2.75, 3.05) is 5.32 Å². The molecule has 1 rings (SSSR count). The number of hydrogen-bond acceptors (Lipinski definition) is 3. The molecule has 0 bridgehead atoms. The topological polar surface area (TPSA) is 83.8 Å². The van der Waals surface area contributed by atoms with E-state index in [0.29, 0.717) is 11.7 Å². The summed E-state index contributed by atoms with van der Waals surface area (Å²) < 4.78 is 0. The summed E-state index contributed by atoms with van der Waals surface area (Å²) in [5.74, 6) is 0.764. The van der Waals surface area contributed by atoms with Gasteiger partial charge in [-0.05, 0) is 33.6 Å². The molecule has 0 fully saturated rings. The van der Waals surface area contributed by atoms with Gasteiger partial charge in [-0.25, -0.2) is 0 Å². The average Bonchev–Trinajstić information content (AvgIpc) is 2.64. The van der Waals surface area contributed by atoms with Crippen LogP contribution in [0.2, 0.25) is 0 Å². The highest BCUT2D eigenvalue weighted by molar-refractivity contribution is 5.95. The van der Waals surface area contributed by atoms with E-state index in [-0.39, 0.29) is 5.91 Å². The number of nitrogens with zero attached hydrogens (tertiary/aromatic N) is 1. The lowest BCUT2D eigenvalue weighted by molar-refractivity contribution is -0.126. The van der Waals surface area contributed by atoms with E-state index in [9.17, 15) is 4.79 Å². The van der Waals surface area contributed by atoms with E-state index in [1.807, 2.05) is 33.8 Å². The standard InChI is InChI=1S/C13H24N4O/c1-8(2)9-7-10(17-16-9)15-11(18)12(3,4)13(5,6)14/h7-8H,14H2,1-6H3,(H2,15,16,17,18). The van der Waals surface area contributed by atoms with E-state index in [0.717, 1.165) is 5.69 Å². The average molecular weight is 252 g/mol. The molecule has 0 atom stereocenters. The summed E-state index contributed by atoms with van der Waals surface area (Å²) in [7, 11) is 0. The molecule has 0 aliphatic rings. The molecule has 102 valence electrons. The van der Waals surface area contributed by atoms with E-state index in [4.69, 9.17) is 5.73 Å². The zero-order chi connectivity index (χ0) is 14.1. The maximum Gasteiger partial charge on any atom is 0.233 e. The number of nitrogens with two attached hydrogens (primary N) is 1. The van der Waals surface area contributed by atoms with Crippen LogP contribution in [-0.4, -0.2) is 21.6 Å². The van der Waals surface area contributed by atoms with E-state index in [1.165, 1.54) is 0 Å². The van der Waals surface area contributed by atoms with Gasteiger partial charge in [0.15, 0.2) is 5.82 Å². The third kappa shape index (κ3) is 2.90. The molecule has 0 aliphatic carbocycles. The van der Waals surface area contributed by atoms with E-state index >= 15 is 0 Å². The summed E-state index contributed by atoms with van der Waals surface area (Å²) >= 11 is 0. The maximum absolute atomic E-state index is 12.2. The molecule has 1 heterocycles. The van der Waals surface area contributed by atoms with Gasteiger partial charge in [-0.15, -0.1) is 0 Å². The normalized spacial score (nSPS) is 12.9. The number of carbonyl (C=O) groups excluding carboxylic acids is 1. The Labute approximate surface area is 109 Å². The van der Waals surface area contributed by atoms with Crippen molar-refractivity contribution in [2.24, 2.45) is 11.1 Å². The van der Waals surface area contributed by atoms with Crippen LogP contribution < -0.4 is 11.1 Å². The van der Waals surface area contributed by atoms with Crippen molar-refractivity contribution in [2.45, 2.75) is 53.0 Å². The first-order valence-electron chi connectivity index (χ1n) is 6.21. The van der Waals surface area contributed by atoms with Crippen LogP contribution in [-0.2, 0) is 4.79 Å². The van der Waals surface area contributed by atoms with Crippen LogP contribution in [0.15, 0.2) is 6.07 Å². The fourth-order valence-corrected chi connectivity index (χ4v) is 1.26. The molecule has 0 saturated heterocycles. The number of aromatic amines is 1. The van der Waals surface area contributed by atoms with Crippen LogP contribution in [0.3, 0.4) is 0 Å². The number of anilines is 1. The van der Waals surface area contributed by atoms with Crippen LogP contribution in [0.25, 0.3) is 0 Å². The smallest absolute Gasteiger partial charge is 0.233 e. The van der Waals surface area contributed by atoms with Gasteiger partial charge in [0, 0.05) is 17.3 Å². The minimum atomic E-state index is -0.677. The van der Waals surface area contributed by atoms with Gasteiger partial charge in [-0.3, -0.25) is 9.89 Å². The molecule has 4 N–H and O–H groups in total. The molecule has 1 aromatic heterocycles. The van der Waals surface area contributed by atoms with Crippen LogP contribution >= 0.6 is 0 Å². The number of aromatic nitrogens is 2. The summed E-state index contributed by atoms with van der Waals surface area (Å²) in [5.41, 5.74) is 5.75. The van der Waals surface area contributed by atoms with Crippen LogP contribution in [0.4, 0.5) is 5.82 Å². The highest BCUT2D eigenvalue weighted by atomic mass is 16.2. The second-order valence-electron chi connectivity index (χ2n) is 6.16. The van der Waals surface area contributed by atoms with E-state index in [1.54, 1.807) is 0 Å². The van der Waals surface area contributed by atoms with Gasteiger partial charge in [-0.1, -0.05) is 13.8 Å². The summed E-state index contributed by atoms with van der Waals surface area (Å²) in [4.78, 5) is 12.2. The Morgan fingerprint density at radius 3 is 2.33 bits per heavy atom. The van der Waals surface area contributed by atoms with Crippen molar-refractivity contribution in [3.05, 3.63) is 11.8 Å². The van der Waals surface area contributed by atoms with Gasteiger partial charge < -0.3 is 11.1 Å². The second kappa shape index (κ2) is 4.72. The van der Waals surface area contributed by atoms with Crippen LogP contribution in [0.5, 0.6) is 0 Å². The molecule has 0 saturated carbocycles. The van der Waals surface area contributed by atoms with Crippen molar-refractivity contribution in [1.82, 2.24) is 10.2 Å². The Morgan fingerprint density at radius 2 is 1.94 bits per heavy atom. The van der Waals surface area contributed by atoms with Crippen molar-refractivity contribution in [1.29, 1.82) is 0 Å². The predicted molar refractivity (Wildman–Crippen MR) is 73.4 cm³/mol. The van der Waals surface area contributed by atoms with E-state index in [2.05, 4.69) is 29.4 Å². The quantitative estimate of drug-likeness (QED) is 0.768. The van der Waals surface area contributed by atoms with Gasteiger partial charge in [0.1, 0.15) is 0 Å². The highest BCUT2D eigenvalue weighted by Gasteiger charge is 2.40. The zero-order valence-corrected chi connectivity index (χ0v) is 12.1. The predicted octanol–water partition coefficient (Wildman–Crippen LogP) is 2.24. The maximum atomic E-state index is 12.2. The lowest BCUT2D eigenvalue weighted by Gasteiger charge is -2.36. The number of nitrogens with one attached hydrogen (secondary N) is 2. The summed E-state index contributed by atoms with van der Waals surface area (Å²) in [6.07, 6.45) is 0. The van der Waals surface area contributed by atoms with Crippen molar-refractivity contribution in [3.8, 4) is 0 Å². The van der Waals surface area contributed by atoms with Crippen molar-refractivity contribution < 1.29 is 4.79 Å². The Hall–Kier alpha value is -1.36. The molecule has 1 amide bonds. The van der Waals surface area contributed by atoms with Crippen molar-refractivity contribution in [3.63, 3.8) is 0 Å². The molecule has 5 nitrogen and oxygen atoms in total. The van der Waals surface area contributed by atoms with Gasteiger partial charge in [-0.2, -0.15) is 5.10 Å². The third-order valence-electron chi connectivity index (χ3n) is 3.64. The lowest BCUT2D eigenvalue weighted by atomic mass is 9.74. The molecule has 0 spiro atoms. The fourth-order valence-electron chi connectivity index (χ4n) is 1.26. The molecule has 0 aromatic carbocycles. The summed E-state index contributed by atoms with van der Waals surface area (Å²) in [6.45, 7) is 11.5. The first kappa shape index (κ1) is 14.7. The Balaban J connectivity index is 2.82. The first-order valence-corrected chi connectivity index (χ1v) is 6.21. The van der Waals surface area contributed by atoms with Crippen molar-refractivity contribution >= 4 is 11.7 Å². The lowest BCUT2D eigenvalue weighted by Crippen LogP contribution is -2.53. The number of amides is 1. The Bertz CT molecular complexity index is 426. The summed E-state index contributed by atoms with van der Waals surface area (Å²) in [6, 6.07) is 1.85. The molecule has 0 radical (unpaired) electrons. The third-order valence-corrected chi connectivity index (χ3v) is 3.64. The van der Waals surface area contributed by atoms with Crippen LogP contribution in [0, 0.1) is 5.41 Å². The summed E-state index contributed by atoms with van der Waals surface area (Å²) in [5, 5.41) is 9.78. The van der Waals surface area contributed by atoms with Gasteiger partial charge >= 0.3 is 0 Å². The molecule has 1 aromatic rings. The minimum absolute atomic E-state index is 0.128. The molecular formula is C13H24N4O. The number of carbonyl (C=O) groups is 1. The largest absolute Gasteiger partial charge is 0.325 e. The molecular weight excluding hydrogens is 228 g/mol. The van der Waals surface area contributed by atoms with Gasteiger partial charge in [0.05, 0.1) is 5.41 Å². The Morgan fingerprint density at radius 1 is 1.39 bits per heavy atom. The fraction of sp³-hybridized carbons (Fsp3) is 0.692. The van der Waals surface area contributed by atoms with E-state index < -0.39 is 11.0 Å². The monoisotopic (exact) mass is 252 g/mol. The molecule has 0 unspecified atom stereocenters. The first-order chi connectivity index (χ1) is 8.05. The number of rotatable bonds is 4.